The van der Waals surface area contributed by atoms with Crippen LogP contribution in [0.2, 0.25) is 0 Å². The van der Waals surface area contributed by atoms with Crippen LogP contribution < -0.4 is 24.6 Å². The Morgan fingerprint density at radius 2 is 1.83 bits per heavy atom. The summed E-state index contributed by atoms with van der Waals surface area (Å²) >= 11 is 0. The third kappa shape index (κ3) is 5.49. The molecule has 2 aromatic carbocycles. The number of rotatable bonds is 7. The van der Waals surface area contributed by atoms with Gasteiger partial charge in [0.1, 0.15) is 13.1 Å². The van der Waals surface area contributed by atoms with E-state index in [0.29, 0.717) is 12.6 Å². The second kappa shape index (κ2) is 9.29. The quantitative estimate of drug-likeness (QED) is 0.606. The van der Waals surface area contributed by atoms with E-state index in [2.05, 4.69) is 42.7 Å². The van der Waals surface area contributed by atoms with Crippen LogP contribution in [0, 0.1) is 0 Å². The van der Waals surface area contributed by atoms with E-state index in [1.165, 1.54) is 5.56 Å². The predicted octanol–water partition coefficient (Wildman–Crippen LogP) is -0.206. The molecule has 154 valence electrons. The molecule has 2 aliphatic heterocycles. The van der Waals surface area contributed by atoms with Gasteiger partial charge in [0.25, 0.3) is 5.91 Å². The Hall–Kier alpha value is -2.57. The molecular formula is C23H31N3O3+2. The Balaban J connectivity index is 1.18. The summed E-state index contributed by atoms with van der Waals surface area (Å²) < 4.78 is 10.8. The van der Waals surface area contributed by atoms with Gasteiger partial charge < -0.3 is 24.6 Å². The van der Waals surface area contributed by atoms with Crippen molar-refractivity contribution in [2.75, 3.05) is 33.5 Å². The van der Waals surface area contributed by atoms with Crippen molar-refractivity contribution in [1.29, 1.82) is 0 Å². The van der Waals surface area contributed by atoms with Crippen molar-refractivity contribution < 1.29 is 24.1 Å². The fourth-order valence-electron chi connectivity index (χ4n) is 4.25. The van der Waals surface area contributed by atoms with Crippen LogP contribution >= 0.6 is 0 Å². The zero-order chi connectivity index (χ0) is 20.1. The molecule has 1 unspecified atom stereocenters. The first-order valence-electron chi connectivity index (χ1n) is 10.5. The normalized spacial score (nSPS) is 21.6. The molecule has 1 fully saturated rings. The van der Waals surface area contributed by atoms with Crippen molar-refractivity contribution in [3.05, 3.63) is 59.7 Å². The number of fused-ring (bicyclic) bond motifs is 1. The molecule has 0 saturated carbocycles. The first kappa shape index (κ1) is 19.7. The minimum Gasteiger partial charge on any atom is -0.454 e. The Labute approximate surface area is 172 Å². The Morgan fingerprint density at radius 1 is 1.07 bits per heavy atom. The second-order valence-corrected chi connectivity index (χ2v) is 8.25. The Bertz CT molecular complexity index is 819. The van der Waals surface area contributed by atoms with E-state index in [-0.39, 0.29) is 12.7 Å². The van der Waals surface area contributed by atoms with Gasteiger partial charge in [-0.3, -0.25) is 4.79 Å². The number of likely N-dealkylation sites (tertiary alicyclic amines) is 1. The highest BCUT2D eigenvalue weighted by molar-refractivity contribution is 5.77. The molecule has 0 aliphatic carbocycles. The minimum absolute atomic E-state index is 0.139. The lowest BCUT2D eigenvalue weighted by Gasteiger charge is -2.30. The molecule has 0 spiro atoms. The first-order chi connectivity index (χ1) is 14.2. The number of ether oxygens (including phenoxy) is 2. The van der Waals surface area contributed by atoms with Crippen molar-refractivity contribution >= 4 is 5.91 Å². The summed E-state index contributed by atoms with van der Waals surface area (Å²) in [5.74, 6) is 1.73. The van der Waals surface area contributed by atoms with Crippen LogP contribution in [-0.2, 0) is 17.9 Å². The SMILES string of the molecule is C[NH+](CC(=O)NC1CC[NH+](Cc2ccccc2)CC1)Cc1ccc2c(c1)OCO2. The lowest BCUT2D eigenvalue weighted by molar-refractivity contribution is -0.918. The van der Waals surface area contributed by atoms with Gasteiger partial charge in [0.15, 0.2) is 18.0 Å². The highest BCUT2D eigenvalue weighted by Crippen LogP contribution is 2.32. The van der Waals surface area contributed by atoms with Gasteiger partial charge >= 0.3 is 0 Å². The number of hydrogen-bond acceptors (Lipinski definition) is 3. The van der Waals surface area contributed by atoms with Gasteiger partial charge in [0.2, 0.25) is 6.79 Å². The summed E-state index contributed by atoms with van der Waals surface area (Å²) in [5, 5.41) is 3.24. The summed E-state index contributed by atoms with van der Waals surface area (Å²) in [4.78, 5) is 15.3. The molecule has 3 N–H and O–H groups in total. The fourth-order valence-corrected chi connectivity index (χ4v) is 4.25. The third-order valence-corrected chi connectivity index (χ3v) is 5.76. The lowest BCUT2D eigenvalue weighted by Crippen LogP contribution is -3.12. The molecular weight excluding hydrogens is 366 g/mol. The third-order valence-electron chi connectivity index (χ3n) is 5.76. The Kier molecular flexibility index (Phi) is 6.32. The van der Waals surface area contributed by atoms with Crippen LogP contribution in [0.4, 0.5) is 0 Å². The van der Waals surface area contributed by atoms with Gasteiger partial charge in [-0.15, -0.1) is 0 Å². The molecule has 4 rings (SSSR count). The summed E-state index contributed by atoms with van der Waals surface area (Å²) in [6.07, 6.45) is 2.10. The summed E-state index contributed by atoms with van der Waals surface area (Å²) in [6.45, 7) is 4.84. The zero-order valence-electron chi connectivity index (χ0n) is 17.1. The average molecular weight is 398 g/mol. The van der Waals surface area contributed by atoms with Crippen LogP contribution in [0.25, 0.3) is 0 Å². The van der Waals surface area contributed by atoms with Gasteiger partial charge in [-0.1, -0.05) is 30.3 Å². The van der Waals surface area contributed by atoms with E-state index in [9.17, 15) is 4.79 Å². The van der Waals surface area contributed by atoms with E-state index in [1.54, 1.807) is 4.90 Å². The highest BCUT2D eigenvalue weighted by atomic mass is 16.7. The van der Waals surface area contributed by atoms with Gasteiger partial charge in [-0.2, -0.15) is 0 Å². The number of nitrogens with one attached hydrogen (secondary N) is 3. The Morgan fingerprint density at radius 3 is 2.62 bits per heavy atom. The number of carbonyl (C=O) groups excluding carboxylic acids is 1. The minimum atomic E-state index is 0.139. The highest BCUT2D eigenvalue weighted by Gasteiger charge is 2.24. The van der Waals surface area contributed by atoms with Crippen LogP contribution in [0.1, 0.15) is 24.0 Å². The van der Waals surface area contributed by atoms with Crippen LogP contribution in [0.5, 0.6) is 11.5 Å². The molecule has 29 heavy (non-hydrogen) atoms. The number of benzene rings is 2. The average Bonchev–Trinajstić information content (AvgIpc) is 3.18. The molecule has 6 heteroatoms. The topological polar surface area (TPSA) is 56.4 Å². The van der Waals surface area contributed by atoms with Crippen LogP contribution in [-0.4, -0.2) is 45.4 Å². The van der Waals surface area contributed by atoms with Crippen molar-refractivity contribution in [2.24, 2.45) is 0 Å². The predicted molar refractivity (Wildman–Crippen MR) is 110 cm³/mol. The molecule has 0 radical (unpaired) electrons. The monoisotopic (exact) mass is 397 g/mol. The number of piperidine rings is 1. The largest absolute Gasteiger partial charge is 0.454 e. The molecule has 1 atom stereocenters. The van der Waals surface area contributed by atoms with Gasteiger partial charge in [0, 0.05) is 30.0 Å². The van der Waals surface area contributed by atoms with Crippen molar-refractivity contribution in [3.8, 4) is 11.5 Å². The molecule has 2 aromatic rings. The molecule has 0 bridgehead atoms. The summed E-state index contributed by atoms with van der Waals surface area (Å²) in [6, 6.07) is 17.0. The van der Waals surface area contributed by atoms with Gasteiger partial charge in [0.05, 0.1) is 20.1 Å². The number of quaternary nitrogens is 2. The van der Waals surface area contributed by atoms with E-state index in [0.717, 1.165) is 61.0 Å². The lowest BCUT2D eigenvalue weighted by atomic mass is 10.0. The molecule has 1 amide bonds. The van der Waals surface area contributed by atoms with E-state index >= 15 is 0 Å². The zero-order valence-corrected chi connectivity index (χ0v) is 17.1. The summed E-state index contributed by atoms with van der Waals surface area (Å²) in [7, 11) is 2.05. The van der Waals surface area contributed by atoms with Crippen LogP contribution in [0.15, 0.2) is 48.5 Å². The molecule has 1 saturated heterocycles. The fraction of sp³-hybridized carbons (Fsp3) is 0.435. The number of hydrogen-bond donors (Lipinski definition) is 3. The van der Waals surface area contributed by atoms with E-state index in [1.807, 2.05) is 18.2 Å². The first-order valence-corrected chi connectivity index (χ1v) is 10.5. The number of likely N-dealkylation sites (N-methyl/N-ethyl adjacent to an activating group) is 1. The molecule has 0 aromatic heterocycles. The van der Waals surface area contributed by atoms with Gasteiger partial charge in [-0.05, 0) is 18.2 Å². The van der Waals surface area contributed by atoms with Gasteiger partial charge in [-0.25, -0.2) is 0 Å². The molecule has 2 heterocycles. The van der Waals surface area contributed by atoms with Crippen molar-refractivity contribution in [2.45, 2.75) is 32.0 Å². The van der Waals surface area contributed by atoms with Crippen molar-refractivity contribution in [1.82, 2.24) is 5.32 Å². The molecule has 2 aliphatic rings. The van der Waals surface area contributed by atoms with Crippen molar-refractivity contribution in [3.63, 3.8) is 0 Å². The maximum Gasteiger partial charge on any atom is 0.275 e. The number of amides is 1. The maximum atomic E-state index is 12.5. The van der Waals surface area contributed by atoms with E-state index < -0.39 is 0 Å². The standard InChI is InChI=1S/C23H29N3O3/c1-25(14-19-7-8-21-22(13-19)29-17-28-21)16-23(27)24-20-9-11-26(12-10-20)15-18-5-3-2-4-6-18/h2-8,13,20H,9-12,14-17H2,1H3,(H,24,27)/p+2. The van der Waals surface area contributed by atoms with E-state index in [4.69, 9.17) is 9.47 Å². The second-order valence-electron chi connectivity index (χ2n) is 8.25. The number of carbonyl (C=O) groups is 1. The molecule has 6 nitrogen and oxygen atoms in total. The maximum absolute atomic E-state index is 12.5. The summed E-state index contributed by atoms with van der Waals surface area (Å²) in [5.41, 5.74) is 2.54. The smallest absolute Gasteiger partial charge is 0.275 e. The van der Waals surface area contributed by atoms with Crippen LogP contribution in [0.3, 0.4) is 0 Å².